The number of rotatable bonds is 8. The molecule has 4 rings (SSSR count). The Hall–Kier alpha value is -1.83. The van der Waals surface area contributed by atoms with Gasteiger partial charge in [-0.25, -0.2) is 0 Å². The molecule has 0 aromatic heterocycles. The summed E-state index contributed by atoms with van der Waals surface area (Å²) in [6.07, 6.45) is 6.83. The van der Waals surface area contributed by atoms with Crippen molar-refractivity contribution in [3.63, 3.8) is 0 Å². The largest absolute Gasteiger partial charge is 0.355 e. The zero-order chi connectivity index (χ0) is 24.1. The Morgan fingerprint density at radius 1 is 1.03 bits per heavy atom. The quantitative estimate of drug-likeness (QED) is 0.545. The minimum absolute atomic E-state index is 0.0835. The standard InChI is InChI=1S/C25H34Cl2N4O3/c26-19-8-9-20(21(27)17-19)25(34)31-15-13-30(14-16-31)23(18-5-1-2-6-18)24(33)28-10-4-12-29-11-3-7-22(29)32/h8-9,17-18,23H,1-7,10-16H2,(H,28,33)/t23-/m0/s1. The number of benzene rings is 1. The van der Waals surface area contributed by atoms with Crippen LogP contribution >= 0.6 is 23.2 Å². The molecule has 7 nitrogen and oxygen atoms in total. The van der Waals surface area contributed by atoms with Crippen LogP contribution in [0.1, 0.15) is 55.3 Å². The Balaban J connectivity index is 1.31. The molecule has 2 saturated heterocycles. The highest BCUT2D eigenvalue weighted by Gasteiger charge is 2.37. The second-order valence-electron chi connectivity index (χ2n) is 9.57. The van der Waals surface area contributed by atoms with Crippen molar-refractivity contribution in [2.24, 2.45) is 5.92 Å². The van der Waals surface area contributed by atoms with E-state index in [0.29, 0.717) is 67.2 Å². The van der Waals surface area contributed by atoms with Crippen molar-refractivity contribution in [2.75, 3.05) is 45.8 Å². The van der Waals surface area contributed by atoms with Crippen LogP contribution in [0.4, 0.5) is 0 Å². The molecule has 2 aliphatic heterocycles. The van der Waals surface area contributed by atoms with E-state index in [1.54, 1.807) is 18.2 Å². The first-order valence-electron chi connectivity index (χ1n) is 12.5. The van der Waals surface area contributed by atoms with E-state index in [4.69, 9.17) is 23.2 Å². The normalized spacial score (nSPS) is 20.7. The van der Waals surface area contributed by atoms with E-state index in [1.807, 2.05) is 9.80 Å². The van der Waals surface area contributed by atoms with E-state index in [9.17, 15) is 14.4 Å². The first-order valence-corrected chi connectivity index (χ1v) is 13.2. The number of hydrogen-bond donors (Lipinski definition) is 1. The molecule has 1 aromatic rings. The van der Waals surface area contributed by atoms with Crippen LogP contribution < -0.4 is 5.32 Å². The van der Waals surface area contributed by atoms with Crippen LogP contribution in [0.5, 0.6) is 0 Å². The number of nitrogens with one attached hydrogen (secondary N) is 1. The molecular weight excluding hydrogens is 475 g/mol. The summed E-state index contributed by atoms with van der Waals surface area (Å²) in [6.45, 7) is 4.57. The Labute approximate surface area is 211 Å². The van der Waals surface area contributed by atoms with Crippen LogP contribution in [0.3, 0.4) is 0 Å². The van der Waals surface area contributed by atoms with Crippen LogP contribution in [0.2, 0.25) is 10.0 Å². The number of likely N-dealkylation sites (tertiary alicyclic amines) is 1. The van der Waals surface area contributed by atoms with E-state index in [1.165, 1.54) is 12.8 Å². The van der Waals surface area contributed by atoms with Gasteiger partial charge in [-0.05, 0) is 49.8 Å². The lowest BCUT2D eigenvalue weighted by molar-refractivity contribution is -0.129. The maximum atomic E-state index is 13.3. The third-order valence-electron chi connectivity index (χ3n) is 7.35. The molecule has 3 amide bonds. The van der Waals surface area contributed by atoms with Crippen molar-refractivity contribution in [3.05, 3.63) is 33.8 Å². The van der Waals surface area contributed by atoms with Crippen molar-refractivity contribution < 1.29 is 14.4 Å². The molecule has 0 spiro atoms. The topological polar surface area (TPSA) is 73.0 Å². The number of nitrogens with zero attached hydrogens (tertiary/aromatic N) is 3. The molecule has 0 radical (unpaired) electrons. The van der Waals surface area contributed by atoms with Gasteiger partial charge in [0.2, 0.25) is 11.8 Å². The maximum absolute atomic E-state index is 13.3. The SMILES string of the molecule is O=C(NCCCN1CCCC1=O)[C@H](C1CCCC1)N1CCN(C(=O)c2ccc(Cl)cc2Cl)CC1. The van der Waals surface area contributed by atoms with Crippen molar-refractivity contribution in [3.8, 4) is 0 Å². The molecule has 2 heterocycles. The average molecular weight is 509 g/mol. The molecule has 1 aromatic carbocycles. The summed E-state index contributed by atoms with van der Waals surface area (Å²) in [6, 6.07) is 4.78. The van der Waals surface area contributed by atoms with Crippen LogP contribution in [0.25, 0.3) is 0 Å². The number of carbonyl (C=O) groups excluding carboxylic acids is 3. The van der Waals surface area contributed by atoms with Gasteiger partial charge in [0, 0.05) is 57.3 Å². The molecule has 3 fully saturated rings. The predicted molar refractivity (Wildman–Crippen MR) is 133 cm³/mol. The lowest BCUT2D eigenvalue weighted by Gasteiger charge is -2.40. The Bertz CT molecular complexity index is 898. The Kier molecular flexibility index (Phi) is 8.72. The fraction of sp³-hybridized carbons (Fsp3) is 0.640. The van der Waals surface area contributed by atoms with Gasteiger partial charge in [-0.15, -0.1) is 0 Å². The zero-order valence-corrected chi connectivity index (χ0v) is 21.1. The molecule has 1 aliphatic carbocycles. The van der Waals surface area contributed by atoms with Crippen LogP contribution in [-0.2, 0) is 9.59 Å². The van der Waals surface area contributed by atoms with Gasteiger partial charge < -0.3 is 15.1 Å². The van der Waals surface area contributed by atoms with Gasteiger partial charge in [-0.1, -0.05) is 36.0 Å². The predicted octanol–water partition coefficient (Wildman–Crippen LogP) is 3.44. The van der Waals surface area contributed by atoms with Crippen molar-refractivity contribution in [1.29, 1.82) is 0 Å². The number of halogens is 2. The summed E-state index contributed by atoms with van der Waals surface area (Å²) in [5, 5.41) is 4.00. The minimum atomic E-state index is -0.160. The van der Waals surface area contributed by atoms with Gasteiger partial charge in [-0.2, -0.15) is 0 Å². The molecule has 186 valence electrons. The van der Waals surface area contributed by atoms with Crippen LogP contribution in [0.15, 0.2) is 18.2 Å². The third kappa shape index (κ3) is 6.04. The second-order valence-corrected chi connectivity index (χ2v) is 10.4. The smallest absolute Gasteiger partial charge is 0.255 e. The van der Waals surface area contributed by atoms with Crippen LogP contribution in [-0.4, -0.2) is 84.3 Å². The molecule has 1 saturated carbocycles. The van der Waals surface area contributed by atoms with Gasteiger partial charge in [0.05, 0.1) is 16.6 Å². The lowest BCUT2D eigenvalue weighted by atomic mass is 9.95. The number of amides is 3. The van der Waals surface area contributed by atoms with E-state index >= 15 is 0 Å². The lowest BCUT2D eigenvalue weighted by Crippen LogP contribution is -2.58. The summed E-state index contributed by atoms with van der Waals surface area (Å²) in [7, 11) is 0. The molecule has 0 bridgehead atoms. The molecule has 3 aliphatic rings. The summed E-state index contributed by atoms with van der Waals surface area (Å²) in [5.41, 5.74) is 0.459. The molecule has 34 heavy (non-hydrogen) atoms. The fourth-order valence-corrected chi connectivity index (χ4v) is 6.00. The van der Waals surface area contributed by atoms with Crippen molar-refractivity contribution >= 4 is 40.9 Å². The Morgan fingerprint density at radius 3 is 2.41 bits per heavy atom. The van der Waals surface area contributed by atoms with E-state index in [-0.39, 0.29) is 23.8 Å². The second kappa shape index (κ2) is 11.7. The van der Waals surface area contributed by atoms with Gasteiger partial charge in [0.1, 0.15) is 0 Å². The average Bonchev–Trinajstić information content (AvgIpc) is 3.49. The monoisotopic (exact) mass is 508 g/mol. The molecule has 0 unspecified atom stereocenters. The first kappa shape index (κ1) is 25.3. The van der Waals surface area contributed by atoms with Crippen molar-refractivity contribution in [1.82, 2.24) is 20.0 Å². The highest BCUT2D eigenvalue weighted by Crippen LogP contribution is 2.31. The molecule has 1 atom stereocenters. The summed E-state index contributed by atoms with van der Waals surface area (Å²) in [4.78, 5) is 44.0. The Morgan fingerprint density at radius 2 is 1.76 bits per heavy atom. The fourth-order valence-electron chi connectivity index (χ4n) is 5.51. The van der Waals surface area contributed by atoms with E-state index < -0.39 is 0 Å². The van der Waals surface area contributed by atoms with Crippen LogP contribution in [0, 0.1) is 5.92 Å². The van der Waals surface area contributed by atoms with Gasteiger partial charge in [0.25, 0.3) is 5.91 Å². The van der Waals surface area contributed by atoms with E-state index in [0.717, 1.165) is 32.2 Å². The van der Waals surface area contributed by atoms with Crippen molar-refractivity contribution in [2.45, 2.75) is 51.0 Å². The molecule has 1 N–H and O–H groups in total. The molecule has 9 heteroatoms. The maximum Gasteiger partial charge on any atom is 0.255 e. The van der Waals surface area contributed by atoms with Gasteiger partial charge >= 0.3 is 0 Å². The minimum Gasteiger partial charge on any atom is -0.355 e. The number of piperazine rings is 1. The number of carbonyl (C=O) groups is 3. The summed E-state index contributed by atoms with van der Waals surface area (Å²) in [5.74, 6) is 0.565. The number of hydrogen-bond acceptors (Lipinski definition) is 4. The summed E-state index contributed by atoms with van der Waals surface area (Å²) >= 11 is 12.2. The highest BCUT2D eigenvalue weighted by molar-refractivity contribution is 6.36. The summed E-state index contributed by atoms with van der Waals surface area (Å²) < 4.78 is 0. The zero-order valence-electron chi connectivity index (χ0n) is 19.6. The first-order chi connectivity index (χ1) is 16.4. The van der Waals surface area contributed by atoms with Gasteiger partial charge in [-0.3, -0.25) is 19.3 Å². The van der Waals surface area contributed by atoms with E-state index in [2.05, 4.69) is 10.2 Å². The van der Waals surface area contributed by atoms with Gasteiger partial charge in [0.15, 0.2) is 0 Å². The molecular formula is C25H34Cl2N4O3. The third-order valence-corrected chi connectivity index (χ3v) is 7.89. The highest BCUT2D eigenvalue weighted by atomic mass is 35.5.